The molecule has 2 aromatic rings. The van der Waals surface area contributed by atoms with Crippen molar-refractivity contribution in [3.05, 3.63) is 52.3 Å². The fourth-order valence-corrected chi connectivity index (χ4v) is 2.44. The fraction of sp³-hybridized carbons (Fsp3) is 0.333. The first-order chi connectivity index (χ1) is 9.68. The molecule has 0 unspecified atom stereocenters. The van der Waals surface area contributed by atoms with Crippen molar-refractivity contribution in [3.8, 4) is 0 Å². The Labute approximate surface area is 120 Å². The molecule has 6 heteroatoms. The van der Waals surface area contributed by atoms with E-state index >= 15 is 0 Å². The molecule has 0 amide bonds. The van der Waals surface area contributed by atoms with E-state index in [9.17, 15) is 18.0 Å². The monoisotopic (exact) mass is 296 g/mol. The number of aromatic nitrogens is 2. The van der Waals surface area contributed by atoms with Crippen LogP contribution in [0.3, 0.4) is 0 Å². The number of benzene rings is 1. The van der Waals surface area contributed by atoms with Crippen LogP contribution in [0.1, 0.15) is 32.6 Å². The van der Waals surface area contributed by atoms with Gasteiger partial charge in [0.05, 0.1) is 11.8 Å². The van der Waals surface area contributed by atoms with E-state index in [4.69, 9.17) is 0 Å². The van der Waals surface area contributed by atoms with Gasteiger partial charge in [0, 0.05) is 11.8 Å². The van der Waals surface area contributed by atoms with Crippen molar-refractivity contribution in [2.45, 2.75) is 33.5 Å². The zero-order valence-electron chi connectivity index (χ0n) is 12.0. The summed E-state index contributed by atoms with van der Waals surface area (Å²) < 4.78 is 38.5. The third-order valence-electron chi connectivity index (χ3n) is 3.22. The largest absolute Gasteiger partial charge is 0.419 e. The molecule has 112 valence electrons. The Balaban J connectivity index is 2.25. The topological polar surface area (TPSA) is 34.9 Å². The minimum absolute atomic E-state index is 0.208. The van der Waals surface area contributed by atoms with E-state index in [2.05, 4.69) is 5.10 Å². The molecule has 0 aliphatic carbocycles. The van der Waals surface area contributed by atoms with Crippen LogP contribution >= 0.6 is 0 Å². The smallest absolute Gasteiger partial charge is 0.292 e. The summed E-state index contributed by atoms with van der Waals surface area (Å²) in [6.07, 6.45) is -2.88. The summed E-state index contributed by atoms with van der Waals surface area (Å²) >= 11 is 0. The molecular formula is C15H15F3N2O. The minimum Gasteiger partial charge on any atom is -0.292 e. The second-order valence-electron chi connectivity index (χ2n) is 5.12. The highest BCUT2D eigenvalue weighted by Gasteiger charge is 2.32. The van der Waals surface area contributed by atoms with Crippen molar-refractivity contribution in [1.82, 2.24) is 9.78 Å². The van der Waals surface area contributed by atoms with Crippen molar-refractivity contribution < 1.29 is 18.0 Å². The van der Waals surface area contributed by atoms with Crippen LogP contribution in [-0.2, 0) is 12.7 Å². The molecule has 21 heavy (non-hydrogen) atoms. The summed E-state index contributed by atoms with van der Waals surface area (Å²) in [4.78, 5) is 12.3. The number of aryl methyl sites for hydroxylation is 3. The summed E-state index contributed by atoms with van der Waals surface area (Å²) in [6.45, 7) is 5.35. The summed E-state index contributed by atoms with van der Waals surface area (Å²) in [7, 11) is 0. The highest BCUT2D eigenvalue weighted by Crippen LogP contribution is 2.28. The third-order valence-corrected chi connectivity index (χ3v) is 3.22. The number of Topliss-reactive ketones (excluding diaryl/α,β-unsaturated/α-hetero) is 1. The highest BCUT2D eigenvalue weighted by atomic mass is 19.4. The number of nitrogens with zero attached hydrogens (tertiary/aromatic N) is 2. The van der Waals surface area contributed by atoms with Gasteiger partial charge in [-0.3, -0.25) is 9.48 Å². The average molecular weight is 296 g/mol. The minimum atomic E-state index is -4.45. The highest BCUT2D eigenvalue weighted by molar-refractivity contribution is 5.98. The SMILES string of the molecule is Cc1cc(C)c(C(=O)Cn2cc(C(F)(F)F)cn2)c(C)c1. The van der Waals surface area contributed by atoms with Crippen LogP contribution in [0.25, 0.3) is 0 Å². The molecule has 0 aliphatic rings. The zero-order valence-corrected chi connectivity index (χ0v) is 12.0. The molecule has 0 saturated carbocycles. The van der Waals surface area contributed by atoms with Crippen LogP contribution in [0.2, 0.25) is 0 Å². The Morgan fingerprint density at radius 2 is 1.76 bits per heavy atom. The van der Waals surface area contributed by atoms with Crippen molar-refractivity contribution in [3.63, 3.8) is 0 Å². The van der Waals surface area contributed by atoms with Gasteiger partial charge in [0.15, 0.2) is 5.78 Å². The normalized spacial score (nSPS) is 11.7. The van der Waals surface area contributed by atoms with E-state index in [-0.39, 0.29) is 12.3 Å². The van der Waals surface area contributed by atoms with Crippen LogP contribution in [0.5, 0.6) is 0 Å². The van der Waals surface area contributed by atoms with Crippen molar-refractivity contribution in [2.24, 2.45) is 0 Å². The first-order valence-electron chi connectivity index (χ1n) is 6.39. The van der Waals surface area contributed by atoms with Gasteiger partial charge in [-0.1, -0.05) is 17.7 Å². The van der Waals surface area contributed by atoms with E-state index in [1.807, 2.05) is 32.9 Å². The van der Waals surface area contributed by atoms with Crippen LogP contribution in [0.4, 0.5) is 13.2 Å². The maximum Gasteiger partial charge on any atom is 0.419 e. The van der Waals surface area contributed by atoms with Gasteiger partial charge in [-0.2, -0.15) is 18.3 Å². The maximum atomic E-state index is 12.5. The second-order valence-corrected chi connectivity index (χ2v) is 5.12. The molecule has 0 spiro atoms. The lowest BCUT2D eigenvalue weighted by Crippen LogP contribution is -2.14. The van der Waals surface area contributed by atoms with Crippen LogP contribution < -0.4 is 0 Å². The number of hydrogen-bond acceptors (Lipinski definition) is 2. The number of alkyl halides is 3. The lowest BCUT2D eigenvalue weighted by molar-refractivity contribution is -0.137. The predicted octanol–water partition coefficient (Wildman–Crippen LogP) is 3.71. The fourth-order valence-electron chi connectivity index (χ4n) is 2.44. The number of carbonyl (C=O) groups excluding carboxylic acids is 1. The molecule has 0 N–H and O–H groups in total. The van der Waals surface area contributed by atoms with Crippen LogP contribution in [-0.4, -0.2) is 15.6 Å². The molecule has 3 nitrogen and oxygen atoms in total. The second kappa shape index (κ2) is 5.35. The first kappa shape index (κ1) is 15.3. The molecule has 0 saturated heterocycles. The predicted molar refractivity (Wildman–Crippen MR) is 72.2 cm³/mol. The number of ketones is 1. The summed E-state index contributed by atoms with van der Waals surface area (Å²) in [5, 5.41) is 3.60. The lowest BCUT2D eigenvalue weighted by atomic mass is 9.96. The summed E-state index contributed by atoms with van der Waals surface area (Å²) in [6, 6.07) is 3.76. The quantitative estimate of drug-likeness (QED) is 0.809. The molecule has 0 radical (unpaired) electrons. The Hall–Kier alpha value is -2.11. The van der Waals surface area contributed by atoms with E-state index in [0.29, 0.717) is 5.56 Å². The number of carbonyl (C=O) groups is 1. The third kappa shape index (κ3) is 3.32. The van der Waals surface area contributed by atoms with E-state index in [0.717, 1.165) is 33.8 Å². The maximum absolute atomic E-state index is 12.5. The average Bonchev–Trinajstić information content (AvgIpc) is 2.75. The molecular weight excluding hydrogens is 281 g/mol. The Bertz CT molecular complexity index is 663. The standard InChI is InChI=1S/C15H15F3N2O/c1-9-4-10(2)14(11(3)5-9)13(21)8-20-7-12(6-19-20)15(16,17)18/h4-7H,8H2,1-3H3. The van der Waals surface area contributed by atoms with Gasteiger partial charge in [0.2, 0.25) is 0 Å². The van der Waals surface area contributed by atoms with E-state index in [1.54, 1.807) is 0 Å². The Kier molecular flexibility index (Phi) is 3.89. The van der Waals surface area contributed by atoms with Crippen molar-refractivity contribution >= 4 is 5.78 Å². The van der Waals surface area contributed by atoms with Gasteiger partial charge in [0.25, 0.3) is 0 Å². The molecule has 1 heterocycles. The number of hydrogen-bond donors (Lipinski definition) is 0. The summed E-state index contributed by atoms with van der Waals surface area (Å²) in [5.41, 5.74) is 2.37. The van der Waals surface area contributed by atoms with Gasteiger partial charge in [-0.05, 0) is 31.9 Å². The zero-order chi connectivity index (χ0) is 15.8. The van der Waals surface area contributed by atoms with E-state index < -0.39 is 11.7 Å². The van der Waals surface area contributed by atoms with Crippen LogP contribution in [0, 0.1) is 20.8 Å². The molecule has 0 aliphatic heterocycles. The molecule has 2 rings (SSSR count). The first-order valence-corrected chi connectivity index (χ1v) is 6.39. The van der Waals surface area contributed by atoms with Crippen LogP contribution in [0.15, 0.2) is 24.5 Å². The van der Waals surface area contributed by atoms with Gasteiger partial charge in [-0.15, -0.1) is 0 Å². The van der Waals surface area contributed by atoms with Crippen molar-refractivity contribution in [1.29, 1.82) is 0 Å². The molecule has 1 aromatic carbocycles. The lowest BCUT2D eigenvalue weighted by Gasteiger charge is -2.10. The molecule has 0 fully saturated rings. The van der Waals surface area contributed by atoms with Gasteiger partial charge < -0.3 is 0 Å². The Morgan fingerprint density at radius 3 is 2.24 bits per heavy atom. The van der Waals surface area contributed by atoms with Gasteiger partial charge in [0.1, 0.15) is 6.54 Å². The molecule has 1 aromatic heterocycles. The number of rotatable bonds is 3. The van der Waals surface area contributed by atoms with Gasteiger partial charge in [-0.25, -0.2) is 0 Å². The molecule has 0 bridgehead atoms. The van der Waals surface area contributed by atoms with Crippen molar-refractivity contribution in [2.75, 3.05) is 0 Å². The molecule has 0 atom stereocenters. The van der Waals surface area contributed by atoms with E-state index in [1.165, 1.54) is 0 Å². The number of halogens is 3. The van der Waals surface area contributed by atoms with Gasteiger partial charge >= 0.3 is 6.18 Å². The summed E-state index contributed by atoms with van der Waals surface area (Å²) in [5.74, 6) is -0.248. The Morgan fingerprint density at radius 1 is 1.19 bits per heavy atom.